The van der Waals surface area contributed by atoms with Crippen LogP contribution in [0.4, 0.5) is 0 Å². The second kappa shape index (κ2) is 9.67. The normalized spacial score (nSPS) is 16.0. The van der Waals surface area contributed by atoms with E-state index in [2.05, 4.69) is 11.9 Å². The van der Waals surface area contributed by atoms with Crippen LogP contribution in [0.25, 0.3) is 6.08 Å². The third kappa shape index (κ3) is 4.33. The van der Waals surface area contributed by atoms with Crippen LogP contribution in [-0.4, -0.2) is 23.8 Å². The number of rotatable bonds is 7. The Morgan fingerprint density at radius 1 is 1.22 bits per heavy atom. The molecule has 2 aromatic heterocycles. The number of allylic oxidation sites excluding steroid dienone is 1. The van der Waals surface area contributed by atoms with Gasteiger partial charge >= 0.3 is 5.97 Å². The number of fused-ring (bicyclic) bond motifs is 1. The van der Waals surface area contributed by atoms with E-state index >= 15 is 0 Å². The van der Waals surface area contributed by atoms with Crippen LogP contribution in [0.5, 0.6) is 5.75 Å². The van der Waals surface area contributed by atoms with Gasteiger partial charge in [0.15, 0.2) is 4.80 Å². The standard InChI is InChI=1S/C24H24N2O4S2/c1-4-12-30-17-10-8-16(9-11-17)14-19-22(27)26-21(18-7-6-13-31-18)20(23(28)29-5-2)15(3)25-24(26)32-19/h6-11,13-14,21H,4-5,12H2,1-3H3/b19-14+. The van der Waals surface area contributed by atoms with Gasteiger partial charge in [-0.2, -0.15) is 0 Å². The summed E-state index contributed by atoms with van der Waals surface area (Å²) < 4.78 is 13.1. The third-order valence-electron chi connectivity index (χ3n) is 4.98. The fourth-order valence-electron chi connectivity index (χ4n) is 3.54. The molecule has 8 heteroatoms. The van der Waals surface area contributed by atoms with Crippen molar-refractivity contribution in [2.45, 2.75) is 33.2 Å². The number of hydrogen-bond acceptors (Lipinski definition) is 7. The molecule has 4 rings (SSSR count). The number of ether oxygens (including phenoxy) is 2. The predicted octanol–water partition coefficient (Wildman–Crippen LogP) is 3.65. The highest BCUT2D eigenvalue weighted by Crippen LogP contribution is 2.33. The van der Waals surface area contributed by atoms with E-state index in [9.17, 15) is 9.59 Å². The van der Waals surface area contributed by atoms with Gasteiger partial charge in [0.05, 0.1) is 29.0 Å². The lowest BCUT2D eigenvalue weighted by molar-refractivity contribution is -0.139. The summed E-state index contributed by atoms with van der Waals surface area (Å²) in [6.07, 6.45) is 2.80. The lowest BCUT2D eigenvalue weighted by Crippen LogP contribution is -2.39. The smallest absolute Gasteiger partial charge is 0.338 e. The number of aromatic nitrogens is 1. The first kappa shape index (κ1) is 22.2. The Morgan fingerprint density at radius 3 is 2.66 bits per heavy atom. The van der Waals surface area contributed by atoms with E-state index in [4.69, 9.17) is 9.47 Å². The van der Waals surface area contributed by atoms with Crippen molar-refractivity contribution in [3.63, 3.8) is 0 Å². The lowest BCUT2D eigenvalue weighted by atomic mass is 10.0. The molecule has 0 spiro atoms. The number of thiazole rings is 1. The minimum absolute atomic E-state index is 0.173. The molecule has 0 saturated carbocycles. The number of benzene rings is 1. The molecule has 0 aliphatic carbocycles. The zero-order valence-electron chi connectivity index (χ0n) is 18.2. The summed E-state index contributed by atoms with van der Waals surface area (Å²) in [6.45, 7) is 6.55. The average molecular weight is 469 g/mol. The molecule has 0 fully saturated rings. The van der Waals surface area contributed by atoms with Crippen molar-refractivity contribution < 1.29 is 14.3 Å². The van der Waals surface area contributed by atoms with Crippen LogP contribution in [0, 0.1) is 0 Å². The first-order valence-electron chi connectivity index (χ1n) is 10.5. The quantitative estimate of drug-likeness (QED) is 0.497. The van der Waals surface area contributed by atoms with Crippen molar-refractivity contribution in [2.75, 3.05) is 13.2 Å². The Morgan fingerprint density at radius 2 is 2.00 bits per heavy atom. The molecule has 0 N–H and O–H groups in total. The van der Waals surface area contributed by atoms with Gasteiger partial charge in [0.25, 0.3) is 5.56 Å². The molecule has 0 bridgehead atoms. The molecular formula is C24H24N2O4S2. The lowest BCUT2D eigenvalue weighted by Gasteiger charge is -2.23. The van der Waals surface area contributed by atoms with Crippen LogP contribution < -0.4 is 19.6 Å². The summed E-state index contributed by atoms with van der Waals surface area (Å²) in [5, 5.41) is 1.94. The van der Waals surface area contributed by atoms with Crippen molar-refractivity contribution in [1.29, 1.82) is 0 Å². The summed E-state index contributed by atoms with van der Waals surface area (Å²) >= 11 is 2.82. The molecule has 0 amide bonds. The van der Waals surface area contributed by atoms with Crippen LogP contribution in [0.15, 0.2) is 62.8 Å². The highest BCUT2D eigenvalue weighted by atomic mass is 32.1. The maximum atomic E-state index is 13.5. The molecule has 32 heavy (non-hydrogen) atoms. The van der Waals surface area contributed by atoms with Crippen molar-refractivity contribution in [1.82, 2.24) is 4.57 Å². The Labute approximate surface area is 193 Å². The molecule has 166 valence electrons. The molecule has 3 heterocycles. The van der Waals surface area contributed by atoms with E-state index in [1.807, 2.05) is 47.9 Å². The Balaban J connectivity index is 1.81. The van der Waals surface area contributed by atoms with Gasteiger partial charge < -0.3 is 9.47 Å². The second-order valence-electron chi connectivity index (χ2n) is 7.24. The van der Waals surface area contributed by atoms with Gasteiger partial charge in [0.2, 0.25) is 0 Å². The Bertz CT molecular complexity index is 1320. The Kier molecular flexibility index (Phi) is 6.72. The molecule has 1 aliphatic heterocycles. The van der Waals surface area contributed by atoms with Gasteiger partial charge in [0.1, 0.15) is 11.8 Å². The molecule has 1 aromatic carbocycles. The van der Waals surface area contributed by atoms with Crippen LogP contribution >= 0.6 is 22.7 Å². The van der Waals surface area contributed by atoms with Gasteiger partial charge in [0, 0.05) is 4.88 Å². The van der Waals surface area contributed by atoms with E-state index in [0.29, 0.717) is 27.2 Å². The summed E-state index contributed by atoms with van der Waals surface area (Å²) in [5.74, 6) is 0.363. The molecule has 6 nitrogen and oxygen atoms in total. The highest BCUT2D eigenvalue weighted by molar-refractivity contribution is 7.10. The van der Waals surface area contributed by atoms with Crippen molar-refractivity contribution in [3.8, 4) is 5.75 Å². The van der Waals surface area contributed by atoms with Gasteiger partial charge in [-0.1, -0.05) is 36.5 Å². The average Bonchev–Trinajstić information content (AvgIpc) is 3.41. The van der Waals surface area contributed by atoms with Crippen LogP contribution in [0.1, 0.15) is 43.7 Å². The molecule has 1 unspecified atom stereocenters. The fourth-order valence-corrected chi connectivity index (χ4v) is 5.41. The van der Waals surface area contributed by atoms with Gasteiger partial charge in [-0.3, -0.25) is 9.36 Å². The number of esters is 1. The van der Waals surface area contributed by atoms with E-state index in [1.165, 1.54) is 22.7 Å². The van der Waals surface area contributed by atoms with Crippen LogP contribution in [-0.2, 0) is 9.53 Å². The monoisotopic (exact) mass is 468 g/mol. The minimum Gasteiger partial charge on any atom is -0.494 e. The number of thiophene rings is 1. The molecule has 1 atom stereocenters. The molecule has 3 aromatic rings. The number of hydrogen-bond donors (Lipinski definition) is 0. The first-order valence-corrected chi connectivity index (χ1v) is 12.2. The van der Waals surface area contributed by atoms with Gasteiger partial charge in [-0.15, -0.1) is 11.3 Å². The minimum atomic E-state index is -0.544. The molecule has 0 saturated heterocycles. The van der Waals surface area contributed by atoms with Crippen molar-refractivity contribution in [3.05, 3.63) is 83.2 Å². The largest absolute Gasteiger partial charge is 0.494 e. The topological polar surface area (TPSA) is 69.9 Å². The number of carbonyl (C=O) groups excluding carboxylic acids is 1. The van der Waals surface area contributed by atoms with Crippen molar-refractivity contribution in [2.24, 2.45) is 4.99 Å². The number of carbonyl (C=O) groups is 1. The molecular weight excluding hydrogens is 444 g/mol. The van der Waals surface area contributed by atoms with Crippen molar-refractivity contribution >= 4 is 34.7 Å². The second-order valence-corrected chi connectivity index (χ2v) is 9.22. The molecule has 1 aliphatic rings. The third-order valence-corrected chi connectivity index (χ3v) is 6.89. The van der Waals surface area contributed by atoms with E-state index in [1.54, 1.807) is 18.4 Å². The highest BCUT2D eigenvalue weighted by Gasteiger charge is 2.33. The predicted molar refractivity (Wildman–Crippen MR) is 127 cm³/mol. The summed E-state index contributed by atoms with van der Waals surface area (Å²) in [4.78, 5) is 32.3. The summed E-state index contributed by atoms with van der Waals surface area (Å²) in [6, 6.07) is 10.9. The fraction of sp³-hybridized carbons (Fsp3) is 0.292. The maximum Gasteiger partial charge on any atom is 0.338 e. The summed E-state index contributed by atoms with van der Waals surface area (Å²) in [7, 11) is 0. The van der Waals surface area contributed by atoms with E-state index in [-0.39, 0.29) is 12.2 Å². The van der Waals surface area contributed by atoms with Crippen LogP contribution in [0.3, 0.4) is 0 Å². The van der Waals surface area contributed by atoms with E-state index < -0.39 is 12.0 Å². The summed E-state index contributed by atoms with van der Waals surface area (Å²) in [5.41, 5.74) is 1.71. The first-order chi connectivity index (χ1) is 15.5. The SMILES string of the molecule is CCCOc1ccc(/C=c2/sc3n(c2=O)C(c2cccs2)C(C(=O)OCC)=C(C)N=3)cc1. The zero-order valence-corrected chi connectivity index (χ0v) is 19.8. The molecule has 0 radical (unpaired) electrons. The zero-order chi connectivity index (χ0) is 22.7. The van der Waals surface area contributed by atoms with E-state index in [0.717, 1.165) is 22.6 Å². The van der Waals surface area contributed by atoms with Crippen LogP contribution in [0.2, 0.25) is 0 Å². The number of nitrogens with zero attached hydrogens (tertiary/aromatic N) is 2. The van der Waals surface area contributed by atoms with Gasteiger partial charge in [-0.05, 0) is 55.5 Å². The maximum absolute atomic E-state index is 13.5. The Hall–Kier alpha value is -2.97. The van der Waals surface area contributed by atoms with Gasteiger partial charge in [-0.25, -0.2) is 9.79 Å².